The van der Waals surface area contributed by atoms with E-state index < -0.39 is 0 Å². The van der Waals surface area contributed by atoms with Gasteiger partial charge in [-0.15, -0.1) is 0 Å². The van der Waals surface area contributed by atoms with E-state index in [-0.39, 0.29) is 0 Å². The van der Waals surface area contributed by atoms with Crippen molar-refractivity contribution in [1.29, 1.82) is 0 Å². The fourth-order valence-electron chi connectivity index (χ4n) is 1.38. The van der Waals surface area contributed by atoms with Gasteiger partial charge in [0.1, 0.15) is 0 Å². The molecular weight excluding hydrogens is 188 g/mol. The van der Waals surface area contributed by atoms with Crippen LogP contribution in [0.25, 0.3) is 0 Å². The first-order chi connectivity index (χ1) is 6.86. The molecule has 0 saturated heterocycles. The molecule has 0 aromatic heterocycles. The summed E-state index contributed by atoms with van der Waals surface area (Å²) in [4.78, 5) is 2.40. The molecule has 1 heteroatoms. The van der Waals surface area contributed by atoms with Crippen LogP contribution in [0.2, 0.25) is 0 Å². The van der Waals surface area contributed by atoms with Crippen molar-refractivity contribution in [1.82, 2.24) is 0 Å². The average molecular weight is 200 g/mol. The molecule has 0 N–H and O–H groups in total. The third-order valence-electron chi connectivity index (χ3n) is 2.08. The number of rotatable bonds is 0. The van der Waals surface area contributed by atoms with Crippen LogP contribution in [0.5, 0.6) is 0 Å². The summed E-state index contributed by atoms with van der Waals surface area (Å²) in [5.74, 6) is 0. The van der Waals surface area contributed by atoms with Gasteiger partial charge < -0.3 is 0 Å². The Kier molecular flexibility index (Phi) is 2.90. The Labute approximate surface area is 89.0 Å². The molecule has 14 heavy (non-hydrogen) atoms. The average Bonchev–Trinajstić information content (AvgIpc) is 2.27. The Morgan fingerprint density at radius 2 is 2.00 bits per heavy atom. The van der Waals surface area contributed by atoms with Crippen LogP contribution >= 0.6 is 11.8 Å². The minimum absolute atomic E-state index is 1.00. The van der Waals surface area contributed by atoms with Crippen LogP contribution < -0.4 is 0 Å². The second kappa shape index (κ2) is 4.34. The number of thioether (sulfide) groups is 1. The minimum Gasteiger partial charge on any atom is -0.0904 e. The van der Waals surface area contributed by atoms with Crippen molar-refractivity contribution in [3.05, 3.63) is 65.6 Å². The second-order valence-electron chi connectivity index (χ2n) is 3.17. The topological polar surface area (TPSA) is 0 Å². The van der Waals surface area contributed by atoms with E-state index in [1.165, 1.54) is 10.5 Å². The van der Waals surface area contributed by atoms with Crippen molar-refractivity contribution >= 4 is 11.8 Å². The summed E-state index contributed by atoms with van der Waals surface area (Å²) in [6.07, 6.45) is 9.34. The van der Waals surface area contributed by atoms with Gasteiger partial charge in [0.15, 0.2) is 0 Å². The molecule has 0 aliphatic carbocycles. The number of fused-ring (bicyclic) bond motifs is 1. The lowest BCUT2D eigenvalue weighted by Gasteiger charge is -2.05. The van der Waals surface area contributed by atoms with Gasteiger partial charge in [-0.05, 0) is 24.1 Å². The number of hydrogen-bond acceptors (Lipinski definition) is 1. The molecule has 0 spiro atoms. The van der Waals surface area contributed by atoms with Gasteiger partial charge in [0.05, 0.1) is 0 Å². The maximum atomic E-state index is 4.00. The predicted octanol–water partition coefficient (Wildman–Crippen LogP) is 3.96. The maximum Gasteiger partial charge on any atom is 0.0157 e. The molecule has 1 aromatic carbocycles. The first kappa shape index (κ1) is 9.35. The van der Waals surface area contributed by atoms with Crippen molar-refractivity contribution in [2.45, 2.75) is 11.3 Å². The Morgan fingerprint density at radius 1 is 1.14 bits per heavy atom. The zero-order valence-electron chi connectivity index (χ0n) is 7.94. The Bertz CT molecular complexity index is 399. The van der Waals surface area contributed by atoms with Crippen LogP contribution in [0, 0.1) is 0 Å². The van der Waals surface area contributed by atoms with Gasteiger partial charge in [-0.1, -0.05) is 54.8 Å². The van der Waals surface area contributed by atoms with Gasteiger partial charge in [0, 0.05) is 9.80 Å². The van der Waals surface area contributed by atoms with Crippen LogP contribution in [-0.4, -0.2) is 0 Å². The van der Waals surface area contributed by atoms with Crippen molar-refractivity contribution in [2.24, 2.45) is 0 Å². The molecule has 1 heterocycles. The Balaban J connectivity index is 2.39. The summed E-state index contributed by atoms with van der Waals surface area (Å²) in [6.45, 7) is 4.00. The van der Waals surface area contributed by atoms with E-state index >= 15 is 0 Å². The molecule has 0 unspecified atom stereocenters. The number of hydrogen-bond donors (Lipinski definition) is 0. The first-order valence-electron chi connectivity index (χ1n) is 4.64. The fraction of sp³-hybridized carbons (Fsp3) is 0.0769. The molecule has 0 amide bonds. The van der Waals surface area contributed by atoms with Crippen LogP contribution in [0.4, 0.5) is 0 Å². The van der Waals surface area contributed by atoms with E-state index in [1.807, 2.05) is 12.2 Å². The predicted molar refractivity (Wildman–Crippen MR) is 63.4 cm³/mol. The van der Waals surface area contributed by atoms with Crippen LogP contribution in [0.15, 0.2) is 64.9 Å². The lowest BCUT2D eigenvalue weighted by molar-refractivity contribution is 1.18. The smallest absolute Gasteiger partial charge is 0.0157 e. The molecule has 0 nitrogen and oxygen atoms in total. The zero-order chi connectivity index (χ0) is 9.80. The molecule has 0 fully saturated rings. The summed E-state index contributed by atoms with van der Waals surface area (Å²) in [5, 5.41) is 0. The van der Waals surface area contributed by atoms with Gasteiger partial charge >= 0.3 is 0 Å². The highest BCUT2D eigenvalue weighted by atomic mass is 32.2. The molecule has 0 bridgehead atoms. The van der Waals surface area contributed by atoms with Crippen LogP contribution in [0.3, 0.4) is 0 Å². The largest absolute Gasteiger partial charge is 0.0904 e. The molecule has 0 saturated carbocycles. The van der Waals surface area contributed by atoms with E-state index in [9.17, 15) is 0 Å². The molecule has 1 aliphatic heterocycles. The van der Waals surface area contributed by atoms with E-state index in [4.69, 9.17) is 0 Å². The fourth-order valence-corrected chi connectivity index (χ4v) is 2.24. The van der Waals surface area contributed by atoms with Gasteiger partial charge in [-0.2, -0.15) is 0 Å². The van der Waals surface area contributed by atoms with E-state index in [0.29, 0.717) is 0 Å². The van der Waals surface area contributed by atoms with E-state index in [1.54, 1.807) is 11.8 Å². The van der Waals surface area contributed by atoms with Crippen molar-refractivity contribution in [2.75, 3.05) is 0 Å². The number of allylic oxidation sites excluding steroid dienone is 4. The van der Waals surface area contributed by atoms with Crippen LogP contribution in [-0.2, 0) is 6.42 Å². The Morgan fingerprint density at radius 3 is 2.93 bits per heavy atom. The monoisotopic (exact) mass is 200 g/mol. The highest BCUT2D eigenvalue weighted by Crippen LogP contribution is 2.30. The number of benzene rings is 1. The van der Waals surface area contributed by atoms with Gasteiger partial charge in [0.2, 0.25) is 0 Å². The maximum absolute atomic E-state index is 4.00. The summed E-state index contributed by atoms with van der Waals surface area (Å²) >= 11 is 1.74. The normalized spacial score (nSPS) is 20.1. The molecule has 0 radical (unpaired) electrons. The zero-order valence-corrected chi connectivity index (χ0v) is 8.76. The van der Waals surface area contributed by atoms with E-state index in [2.05, 4.69) is 43.0 Å². The lowest BCUT2D eigenvalue weighted by atomic mass is 10.1. The molecule has 1 aliphatic rings. The highest BCUT2D eigenvalue weighted by Gasteiger charge is 2.02. The summed E-state index contributed by atoms with van der Waals surface area (Å²) in [7, 11) is 0. The third kappa shape index (κ3) is 2.18. The van der Waals surface area contributed by atoms with Crippen molar-refractivity contribution in [3.8, 4) is 0 Å². The van der Waals surface area contributed by atoms with E-state index in [0.717, 1.165) is 11.3 Å². The third-order valence-corrected chi connectivity index (χ3v) is 3.10. The molecule has 0 atom stereocenters. The summed E-state index contributed by atoms with van der Waals surface area (Å²) < 4.78 is 0. The molecular formula is C13H12S. The quantitative estimate of drug-likeness (QED) is 0.611. The standard InChI is InChI=1S/C13H12S/c1-11-7-3-2-4-8-12-9-5-6-10-13(12)14-11/h2-7,9-10H,1,8H2/b4-2-,7-3-. The summed E-state index contributed by atoms with van der Waals surface area (Å²) in [5.41, 5.74) is 1.37. The molecule has 70 valence electrons. The first-order valence-corrected chi connectivity index (χ1v) is 5.46. The molecule has 1 aromatic rings. The second-order valence-corrected chi connectivity index (χ2v) is 4.34. The van der Waals surface area contributed by atoms with Gasteiger partial charge in [0.25, 0.3) is 0 Å². The minimum atomic E-state index is 1.00. The van der Waals surface area contributed by atoms with Gasteiger partial charge in [-0.3, -0.25) is 0 Å². The Hall–Kier alpha value is -1.21. The lowest BCUT2D eigenvalue weighted by Crippen LogP contribution is -1.84. The van der Waals surface area contributed by atoms with Crippen molar-refractivity contribution in [3.63, 3.8) is 0 Å². The SMILES string of the molecule is C=C1/C=C\C=C/Cc2ccccc2S1. The summed E-state index contributed by atoms with van der Waals surface area (Å²) in [6, 6.07) is 8.48. The van der Waals surface area contributed by atoms with Crippen LogP contribution in [0.1, 0.15) is 5.56 Å². The van der Waals surface area contributed by atoms with Crippen molar-refractivity contribution < 1.29 is 0 Å². The molecule has 2 rings (SSSR count). The van der Waals surface area contributed by atoms with Gasteiger partial charge in [-0.25, -0.2) is 0 Å². The highest BCUT2D eigenvalue weighted by molar-refractivity contribution is 8.03.